The van der Waals surface area contributed by atoms with Crippen LogP contribution in [0.1, 0.15) is 38.2 Å². The molecule has 5 atom stereocenters. The fourth-order valence-electron chi connectivity index (χ4n) is 7.13. The smallest absolute Gasteiger partial charge is 0.248 e. The molecule has 0 aromatic heterocycles. The number of hydrogen-bond donors (Lipinski definition) is 3. The molecule has 2 bridgehead atoms. The van der Waals surface area contributed by atoms with Gasteiger partial charge in [0.05, 0.1) is 16.6 Å². The zero-order chi connectivity index (χ0) is 27.9. The van der Waals surface area contributed by atoms with E-state index in [9.17, 15) is 19.5 Å². The quantitative estimate of drug-likeness (QED) is 0.340. The number of hydrogen-bond acceptors (Lipinski definition) is 5. The molecule has 3 aromatic carbocycles. The van der Waals surface area contributed by atoms with Gasteiger partial charge in [0.1, 0.15) is 6.04 Å². The van der Waals surface area contributed by atoms with Gasteiger partial charge in [-0.3, -0.25) is 14.4 Å². The van der Waals surface area contributed by atoms with Crippen LogP contribution in [0, 0.1) is 11.8 Å². The highest BCUT2D eigenvalue weighted by molar-refractivity contribution is 8.02. The Hall–Kier alpha value is -3.36. The van der Waals surface area contributed by atoms with Gasteiger partial charge in [-0.25, -0.2) is 0 Å². The predicted octanol–water partition coefficient (Wildman–Crippen LogP) is 4.35. The number of nitrogens with zero attached hydrogens (tertiary/aromatic N) is 1. The average Bonchev–Trinajstić information content (AvgIpc) is 3.53. The first-order chi connectivity index (χ1) is 19.4. The summed E-state index contributed by atoms with van der Waals surface area (Å²) < 4.78 is -1.08. The van der Waals surface area contributed by atoms with Crippen molar-refractivity contribution in [2.45, 2.75) is 54.7 Å². The number of aliphatic hydroxyl groups is 1. The second kappa shape index (κ2) is 10.6. The van der Waals surface area contributed by atoms with E-state index in [2.05, 4.69) is 17.6 Å². The summed E-state index contributed by atoms with van der Waals surface area (Å²) in [6.07, 6.45) is 2.62. The Labute approximate surface area is 238 Å². The second-order valence-corrected chi connectivity index (χ2v) is 13.3. The SMILES string of the molecule is C[C@@]12CCC3(S1)C(C(=O)Nc1ccc4ccccc4c1)N(CCCCO)C(=O)[C@@H]3[C@@H]2C(=O)NCc1ccccc1. The molecule has 0 saturated carbocycles. The van der Waals surface area contributed by atoms with Gasteiger partial charge in [-0.1, -0.05) is 60.7 Å². The summed E-state index contributed by atoms with van der Waals surface area (Å²) in [5.74, 6) is -1.52. The van der Waals surface area contributed by atoms with Crippen LogP contribution < -0.4 is 10.6 Å². The van der Waals surface area contributed by atoms with Crippen LogP contribution in [0.4, 0.5) is 5.69 Å². The van der Waals surface area contributed by atoms with Gasteiger partial charge in [0, 0.05) is 30.1 Å². The van der Waals surface area contributed by atoms with Gasteiger partial charge in [0.15, 0.2) is 0 Å². The first-order valence-corrected chi connectivity index (χ1v) is 14.9. The summed E-state index contributed by atoms with van der Waals surface area (Å²) >= 11 is 1.67. The van der Waals surface area contributed by atoms with E-state index in [1.165, 1.54) is 0 Å². The molecule has 6 rings (SSSR count). The molecule has 3 aromatic rings. The van der Waals surface area contributed by atoms with E-state index >= 15 is 0 Å². The van der Waals surface area contributed by atoms with Crippen molar-refractivity contribution in [2.75, 3.05) is 18.5 Å². The van der Waals surface area contributed by atoms with Gasteiger partial charge < -0.3 is 20.6 Å². The van der Waals surface area contributed by atoms with Gasteiger partial charge >= 0.3 is 0 Å². The van der Waals surface area contributed by atoms with E-state index in [1.807, 2.05) is 72.8 Å². The summed E-state index contributed by atoms with van der Waals surface area (Å²) in [5.41, 5.74) is 1.69. The lowest BCUT2D eigenvalue weighted by Crippen LogP contribution is -2.52. The number of carbonyl (C=O) groups excluding carboxylic acids is 3. The van der Waals surface area contributed by atoms with Gasteiger partial charge in [-0.15, -0.1) is 11.8 Å². The maximum absolute atomic E-state index is 14.1. The van der Waals surface area contributed by atoms with Crippen LogP contribution in [0.3, 0.4) is 0 Å². The third-order valence-electron chi connectivity index (χ3n) is 8.94. The fraction of sp³-hybridized carbons (Fsp3) is 0.406. The van der Waals surface area contributed by atoms with Crippen molar-refractivity contribution in [1.82, 2.24) is 10.2 Å². The van der Waals surface area contributed by atoms with Crippen molar-refractivity contribution in [3.63, 3.8) is 0 Å². The normalized spacial score (nSPS) is 28.6. The molecule has 1 spiro atoms. The molecule has 2 unspecified atom stereocenters. The molecule has 3 amide bonds. The van der Waals surface area contributed by atoms with E-state index in [1.54, 1.807) is 16.7 Å². The summed E-state index contributed by atoms with van der Waals surface area (Å²) in [5, 5.41) is 17.7. The number of rotatable bonds is 9. The number of likely N-dealkylation sites (tertiary alicyclic amines) is 1. The third-order valence-corrected chi connectivity index (χ3v) is 10.9. The number of fused-ring (bicyclic) bond motifs is 2. The van der Waals surface area contributed by atoms with Gasteiger partial charge in [0.25, 0.3) is 0 Å². The monoisotopic (exact) mass is 557 g/mol. The van der Waals surface area contributed by atoms with Crippen molar-refractivity contribution in [3.8, 4) is 0 Å². The molecule has 208 valence electrons. The zero-order valence-corrected chi connectivity index (χ0v) is 23.5. The highest BCUT2D eigenvalue weighted by Gasteiger charge is 2.76. The van der Waals surface area contributed by atoms with E-state index in [-0.39, 0.29) is 24.3 Å². The number of benzene rings is 3. The summed E-state index contributed by atoms with van der Waals surface area (Å²) in [6.45, 7) is 2.89. The molecule has 3 fully saturated rings. The molecular formula is C32H35N3O4S. The van der Waals surface area contributed by atoms with E-state index < -0.39 is 27.4 Å². The first-order valence-electron chi connectivity index (χ1n) is 14.1. The van der Waals surface area contributed by atoms with E-state index in [4.69, 9.17) is 0 Å². The Balaban J connectivity index is 1.30. The highest BCUT2D eigenvalue weighted by Crippen LogP contribution is 2.71. The van der Waals surface area contributed by atoms with Crippen LogP contribution in [-0.4, -0.2) is 56.4 Å². The van der Waals surface area contributed by atoms with Crippen molar-refractivity contribution in [2.24, 2.45) is 11.8 Å². The number of thioether (sulfide) groups is 1. The summed E-state index contributed by atoms with van der Waals surface area (Å²) in [6, 6.07) is 22.9. The molecule has 3 saturated heterocycles. The maximum Gasteiger partial charge on any atom is 0.248 e. The predicted molar refractivity (Wildman–Crippen MR) is 158 cm³/mol. The van der Waals surface area contributed by atoms with Crippen molar-refractivity contribution >= 4 is 45.9 Å². The average molecular weight is 558 g/mol. The Morgan fingerprint density at radius 3 is 2.50 bits per heavy atom. The largest absolute Gasteiger partial charge is 0.396 e. The molecule has 0 radical (unpaired) electrons. The molecule has 40 heavy (non-hydrogen) atoms. The third kappa shape index (κ3) is 4.47. The molecule has 3 N–H and O–H groups in total. The lowest BCUT2D eigenvalue weighted by molar-refractivity contribution is -0.140. The Bertz CT molecular complexity index is 1450. The molecule has 3 aliphatic rings. The Morgan fingerprint density at radius 2 is 1.73 bits per heavy atom. The van der Waals surface area contributed by atoms with Gasteiger partial charge in [0.2, 0.25) is 17.7 Å². The number of unbranched alkanes of at least 4 members (excludes halogenated alkanes) is 1. The van der Waals surface area contributed by atoms with Crippen LogP contribution in [0.2, 0.25) is 0 Å². The minimum absolute atomic E-state index is 0.0297. The molecule has 3 heterocycles. The van der Waals surface area contributed by atoms with Crippen LogP contribution in [0.25, 0.3) is 10.8 Å². The molecule has 0 aliphatic carbocycles. The Morgan fingerprint density at radius 1 is 0.975 bits per heavy atom. The van der Waals surface area contributed by atoms with Crippen LogP contribution in [-0.2, 0) is 20.9 Å². The number of anilines is 1. The minimum Gasteiger partial charge on any atom is -0.396 e. The van der Waals surface area contributed by atoms with Crippen molar-refractivity contribution in [3.05, 3.63) is 78.4 Å². The number of amides is 3. The van der Waals surface area contributed by atoms with Crippen LogP contribution in [0.5, 0.6) is 0 Å². The van der Waals surface area contributed by atoms with Crippen LogP contribution in [0.15, 0.2) is 72.8 Å². The fourth-order valence-corrected chi connectivity index (χ4v) is 9.49. The standard InChI is InChI=1S/C32H35N3O4S/c1-31-15-16-32(40-31)26(25(31)28(37)33-20-21-9-3-2-4-10-21)30(39)35(17-7-8-18-36)27(32)29(38)34-24-14-13-22-11-5-6-12-23(22)19-24/h2-6,9-14,19,25-27,36H,7-8,15-18,20H2,1H3,(H,33,37)(H,34,38)/t25-,26+,27?,31+,32?/m1/s1. The Kier molecular flexibility index (Phi) is 7.09. The molecular weight excluding hydrogens is 522 g/mol. The second-order valence-electron chi connectivity index (χ2n) is 11.4. The maximum atomic E-state index is 14.1. The van der Waals surface area contributed by atoms with Crippen molar-refractivity contribution in [1.29, 1.82) is 0 Å². The number of carbonyl (C=O) groups is 3. The number of aliphatic hydroxyl groups excluding tert-OH is 1. The van der Waals surface area contributed by atoms with Crippen LogP contribution >= 0.6 is 11.8 Å². The topological polar surface area (TPSA) is 98.7 Å². The van der Waals surface area contributed by atoms with E-state index in [0.29, 0.717) is 38.0 Å². The zero-order valence-electron chi connectivity index (χ0n) is 22.6. The lowest BCUT2D eigenvalue weighted by Gasteiger charge is -2.35. The minimum atomic E-state index is -0.686. The van der Waals surface area contributed by atoms with E-state index in [0.717, 1.165) is 22.8 Å². The number of nitrogens with one attached hydrogen (secondary N) is 2. The molecule has 8 heteroatoms. The van der Waals surface area contributed by atoms with Crippen molar-refractivity contribution < 1.29 is 19.5 Å². The first kappa shape index (κ1) is 26.8. The molecule has 7 nitrogen and oxygen atoms in total. The summed E-state index contributed by atoms with van der Waals surface area (Å²) in [4.78, 5) is 43.6. The summed E-state index contributed by atoms with van der Waals surface area (Å²) in [7, 11) is 0. The highest BCUT2D eigenvalue weighted by atomic mass is 32.2. The van der Waals surface area contributed by atoms with Gasteiger partial charge in [-0.05, 0) is 61.1 Å². The molecule has 3 aliphatic heterocycles. The van der Waals surface area contributed by atoms with Gasteiger partial charge in [-0.2, -0.15) is 0 Å². The lowest BCUT2D eigenvalue weighted by atomic mass is 9.66.